The van der Waals surface area contributed by atoms with E-state index in [-0.39, 0.29) is 17.2 Å². The maximum Gasteiger partial charge on any atom is 0.513 e. The Labute approximate surface area is 126 Å². The molecule has 0 aliphatic heterocycles. The third-order valence-corrected chi connectivity index (χ3v) is 2.86. The molecule has 0 aliphatic rings. The Kier molecular flexibility index (Phi) is 4.67. The molecule has 2 aromatic carbocycles. The highest BCUT2D eigenvalue weighted by Crippen LogP contribution is 2.41. The van der Waals surface area contributed by atoms with Crippen LogP contribution < -0.4 is 14.2 Å². The molecule has 2 aromatic rings. The van der Waals surface area contributed by atoms with Crippen molar-refractivity contribution in [3.05, 3.63) is 30.3 Å². The second kappa shape index (κ2) is 6.66. The van der Waals surface area contributed by atoms with Gasteiger partial charge in [0.1, 0.15) is 5.75 Å². The van der Waals surface area contributed by atoms with Gasteiger partial charge in [-0.1, -0.05) is 24.3 Å². The Morgan fingerprint density at radius 1 is 0.818 bits per heavy atom. The molecule has 0 saturated carbocycles. The third kappa shape index (κ3) is 3.03. The second-order valence-electron chi connectivity index (χ2n) is 4.06. The summed E-state index contributed by atoms with van der Waals surface area (Å²) in [5.74, 6) is 0.599. The lowest BCUT2D eigenvalue weighted by molar-refractivity contribution is 0.118. The van der Waals surface area contributed by atoms with E-state index in [1.54, 1.807) is 24.3 Å². The molecular formula is C15H14O7. The van der Waals surface area contributed by atoms with Gasteiger partial charge in [0.05, 0.1) is 21.3 Å². The summed E-state index contributed by atoms with van der Waals surface area (Å²) < 4.78 is 24.4. The van der Waals surface area contributed by atoms with Crippen molar-refractivity contribution in [2.24, 2.45) is 0 Å². The van der Waals surface area contributed by atoms with Crippen molar-refractivity contribution in [1.29, 1.82) is 0 Å². The second-order valence-corrected chi connectivity index (χ2v) is 4.06. The topological polar surface area (TPSA) is 80.3 Å². The fourth-order valence-electron chi connectivity index (χ4n) is 1.89. The monoisotopic (exact) mass is 306 g/mol. The van der Waals surface area contributed by atoms with Crippen molar-refractivity contribution in [3.63, 3.8) is 0 Å². The fourth-order valence-corrected chi connectivity index (χ4v) is 1.89. The molecule has 22 heavy (non-hydrogen) atoms. The molecule has 116 valence electrons. The van der Waals surface area contributed by atoms with Crippen LogP contribution in [0.15, 0.2) is 30.3 Å². The van der Waals surface area contributed by atoms with Crippen LogP contribution in [0.4, 0.5) is 9.59 Å². The van der Waals surface area contributed by atoms with Gasteiger partial charge >= 0.3 is 12.3 Å². The molecule has 2 rings (SSSR count). The molecule has 0 atom stereocenters. The van der Waals surface area contributed by atoms with E-state index < -0.39 is 12.3 Å². The molecule has 7 heteroatoms. The number of rotatable bonds is 3. The van der Waals surface area contributed by atoms with Crippen LogP contribution in [0.2, 0.25) is 0 Å². The molecule has 0 bridgehead atoms. The van der Waals surface area contributed by atoms with E-state index in [0.717, 1.165) is 0 Å². The highest BCUT2D eigenvalue weighted by Gasteiger charge is 2.19. The van der Waals surface area contributed by atoms with Crippen LogP contribution in [0.25, 0.3) is 10.8 Å². The molecule has 0 aromatic heterocycles. The highest BCUT2D eigenvalue weighted by atomic mass is 16.7. The summed E-state index contributed by atoms with van der Waals surface area (Å²) in [6.45, 7) is 0. The summed E-state index contributed by atoms with van der Waals surface area (Å²) in [7, 11) is 3.80. The quantitative estimate of drug-likeness (QED) is 0.636. The Balaban J connectivity index is 2.62. The minimum atomic E-state index is -0.884. The van der Waals surface area contributed by atoms with E-state index in [9.17, 15) is 9.59 Å². The maximum absolute atomic E-state index is 11.4. The van der Waals surface area contributed by atoms with E-state index in [1.807, 2.05) is 0 Å². The van der Waals surface area contributed by atoms with Gasteiger partial charge < -0.3 is 23.7 Å². The normalized spacial score (nSPS) is 9.95. The third-order valence-electron chi connectivity index (χ3n) is 2.86. The first-order valence-corrected chi connectivity index (χ1v) is 6.22. The number of methoxy groups -OCH3 is 3. The van der Waals surface area contributed by atoms with Gasteiger partial charge in [-0.3, -0.25) is 0 Å². The van der Waals surface area contributed by atoms with Crippen molar-refractivity contribution >= 4 is 23.1 Å². The zero-order chi connectivity index (χ0) is 16.1. The average molecular weight is 306 g/mol. The number of carbonyl (C=O) groups excluding carboxylic acids is 2. The van der Waals surface area contributed by atoms with Gasteiger partial charge in [0.25, 0.3) is 0 Å². The maximum atomic E-state index is 11.4. The smallest absolute Gasteiger partial charge is 0.493 e. The standard InChI is InChI=1S/C15H14O7/c1-18-12-8-11(21-14(16)19-2)9-6-4-5-7-10(9)13(12)22-15(17)20-3/h4-8H,1-3H3. The molecule has 0 N–H and O–H groups in total. The zero-order valence-electron chi connectivity index (χ0n) is 12.2. The first-order chi connectivity index (χ1) is 10.6. The zero-order valence-corrected chi connectivity index (χ0v) is 12.2. The van der Waals surface area contributed by atoms with Gasteiger partial charge in [-0.2, -0.15) is 0 Å². The summed E-state index contributed by atoms with van der Waals surface area (Å²) in [5, 5.41) is 1.07. The van der Waals surface area contributed by atoms with E-state index in [0.29, 0.717) is 10.8 Å². The molecule has 0 unspecified atom stereocenters. The Hall–Kier alpha value is -2.96. The van der Waals surface area contributed by atoms with Gasteiger partial charge in [-0.05, 0) is 0 Å². The first-order valence-electron chi connectivity index (χ1n) is 6.22. The first kappa shape index (κ1) is 15.4. The van der Waals surface area contributed by atoms with E-state index >= 15 is 0 Å². The predicted octanol–water partition coefficient (Wildman–Crippen LogP) is 3.14. The number of benzene rings is 2. The molecule has 7 nitrogen and oxygen atoms in total. The van der Waals surface area contributed by atoms with Crippen LogP contribution in [0.3, 0.4) is 0 Å². The summed E-state index contributed by atoms with van der Waals surface area (Å²) in [6, 6.07) is 8.32. The molecule has 0 aliphatic carbocycles. The van der Waals surface area contributed by atoms with E-state index in [2.05, 4.69) is 9.47 Å². The Morgan fingerprint density at radius 3 is 2.00 bits per heavy atom. The van der Waals surface area contributed by atoms with Crippen molar-refractivity contribution in [2.45, 2.75) is 0 Å². The van der Waals surface area contributed by atoms with Crippen molar-refractivity contribution in [3.8, 4) is 17.2 Å². The summed E-state index contributed by atoms with van der Waals surface area (Å²) >= 11 is 0. The van der Waals surface area contributed by atoms with Crippen molar-refractivity contribution < 1.29 is 33.3 Å². The summed E-state index contributed by atoms with van der Waals surface area (Å²) in [4.78, 5) is 22.7. The van der Waals surface area contributed by atoms with Gasteiger partial charge in [-0.25, -0.2) is 9.59 Å². The molecule has 0 fully saturated rings. The van der Waals surface area contributed by atoms with Crippen LogP contribution in [0.5, 0.6) is 17.2 Å². The lowest BCUT2D eigenvalue weighted by Crippen LogP contribution is -2.10. The van der Waals surface area contributed by atoms with Crippen LogP contribution in [-0.2, 0) is 9.47 Å². The van der Waals surface area contributed by atoms with E-state index in [4.69, 9.17) is 14.2 Å². The predicted molar refractivity (Wildman–Crippen MR) is 76.6 cm³/mol. The van der Waals surface area contributed by atoms with Gasteiger partial charge in [0, 0.05) is 16.8 Å². The summed E-state index contributed by atoms with van der Waals surface area (Å²) in [6.07, 6.45) is -1.75. The minimum absolute atomic E-state index is 0.169. The highest BCUT2D eigenvalue weighted by molar-refractivity contribution is 5.97. The van der Waals surface area contributed by atoms with Crippen molar-refractivity contribution in [1.82, 2.24) is 0 Å². The SMILES string of the molecule is COC(=O)Oc1cc(OC)c(OC(=O)OC)c2ccccc12. The lowest BCUT2D eigenvalue weighted by Gasteiger charge is -2.14. The summed E-state index contributed by atoms with van der Waals surface area (Å²) in [5.41, 5.74) is 0. The molecular weight excluding hydrogens is 292 g/mol. The lowest BCUT2D eigenvalue weighted by atomic mass is 10.1. The van der Waals surface area contributed by atoms with E-state index in [1.165, 1.54) is 27.4 Å². The number of fused-ring (bicyclic) bond motifs is 1. The van der Waals surface area contributed by atoms with Crippen molar-refractivity contribution in [2.75, 3.05) is 21.3 Å². The minimum Gasteiger partial charge on any atom is -0.493 e. The Morgan fingerprint density at radius 2 is 1.41 bits per heavy atom. The molecule has 0 amide bonds. The van der Waals surface area contributed by atoms with Gasteiger partial charge in [0.15, 0.2) is 11.5 Å². The van der Waals surface area contributed by atoms with Crippen LogP contribution in [0, 0.1) is 0 Å². The fraction of sp³-hybridized carbons (Fsp3) is 0.200. The Bertz CT molecular complexity index is 708. The number of hydrogen-bond acceptors (Lipinski definition) is 7. The molecule has 0 spiro atoms. The molecule has 0 saturated heterocycles. The molecule has 0 heterocycles. The van der Waals surface area contributed by atoms with Crippen LogP contribution in [-0.4, -0.2) is 33.6 Å². The number of hydrogen-bond donors (Lipinski definition) is 0. The van der Waals surface area contributed by atoms with Gasteiger partial charge in [-0.15, -0.1) is 0 Å². The average Bonchev–Trinajstić information content (AvgIpc) is 2.56. The molecule has 0 radical (unpaired) electrons. The van der Waals surface area contributed by atoms with Crippen LogP contribution in [0.1, 0.15) is 0 Å². The van der Waals surface area contributed by atoms with Crippen LogP contribution >= 0.6 is 0 Å². The van der Waals surface area contributed by atoms with Gasteiger partial charge in [0.2, 0.25) is 0 Å². The largest absolute Gasteiger partial charge is 0.513 e. The number of carbonyl (C=O) groups is 2. The number of ether oxygens (including phenoxy) is 5.